The van der Waals surface area contributed by atoms with Crippen molar-refractivity contribution >= 4 is 45.7 Å². The second-order valence-electron chi connectivity index (χ2n) is 3.88. The van der Waals surface area contributed by atoms with Crippen molar-refractivity contribution in [2.24, 2.45) is 0 Å². The number of rotatable bonds is 4. The summed E-state index contributed by atoms with van der Waals surface area (Å²) in [7, 11) is 0. The van der Waals surface area contributed by atoms with Crippen molar-refractivity contribution < 1.29 is 0 Å². The molecule has 18 heavy (non-hydrogen) atoms. The lowest BCUT2D eigenvalue weighted by Gasteiger charge is -2.11. The molecule has 2 rings (SSSR count). The third-order valence-corrected chi connectivity index (χ3v) is 3.48. The number of anilines is 2. The predicted molar refractivity (Wildman–Crippen MR) is 83.5 cm³/mol. The number of halogens is 2. The van der Waals surface area contributed by atoms with Crippen LogP contribution in [0.25, 0.3) is 0 Å². The van der Waals surface area contributed by atoms with Gasteiger partial charge < -0.3 is 5.32 Å². The van der Waals surface area contributed by atoms with E-state index in [4.69, 9.17) is 11.6 Å². The van der Waals surface area contributed by atoms with E-state index in [0.717, 1.165) is 29.9 Å². The number of benzene rings is 1. The Bertz CT molecular complexity index is 546. The van der Waals surface area contributed by atoms with Gasteiger partial charge in [0.05, 0.1) is 0 Å². The van der Waals surface area contributed by atoms with Gasteiger partial charge in [0.1, 0.15) is 17.3 Å². The third kappa shape index (κ3) is 3.32. The first-order valence-corrected chi connectivity index (χ1v) is 7.18. The molecule has 0 bridgehead atoms. The van der Waals surface area contributed by atoms with Crippen LogP contribution in [0, 0.1) is 3.57 Å². The summed E-state index contributed by atoms with van der Waals surface area (Å²) in [5, 5.41) is 3.83. The number of aromatic nitrogens is 2. The van der Waals surface area contributed by atoms with Gasteiger partial charge >= 0.3 is 0 Å². The van der Waals surface area contributed by atoms with E-state index in [1.807, 2.05) is 18.2 Å². The Kier molecular flexibility index (Phi) is 4.77. The monoisotopic (exact) mass is 373 g/mol. The van der Waals surface area contributed by atoms with Crippen LogP contribution in [0.5, 0.6) is 0 Å². The standard InChI is InChI=1S/C13H13ClIN3/c1-2-4-11-12(14)16-8-17-13(11)18-10-6-3-5-9(15)7-10/h3,5-8H,2,4H2,1H3,(H,16,17,18). The van der Waals surface area contributed by atoms with Crippen LogP contribution in [0.3, 0.4) is 0 Å². The van der Waals surface area contributed by atoms with Crippen LogP contribution in [0.4, 0.5) is 11.5 Å². The molecule has 0 saturated carbocycles. The summed E-state index contributed by atoms with van der Waals surface area (Å²) in [5.74, 6) is 0.791. The van der Waals surface area contributed by atoms with Gasteiger partial charge in [-0.3, -0.25) is 0 Å². The first-order chi connectivity index (χ1) is 8.70. The number of hydrogen-bond acceptors (Lipinski definition) is 3. The lowest BCUT2D eigenvalue weighted by Crippen LogP contribution is -2.01. The van der Waals surface area contributed by atoms with Crippen molar-refractivity contribution in [3.05, 3.63) is 44.9 Å². The quantitative estimate of drug-likeness (QED) is 0.636. The second kappa shape index (κ2) is 6.33. The Morgan fingerprint density at radius 2 is 2.17 bits per heavy atom. The molecule has 1 aromatic heterocycles. The van der Waals surface area contributed by atoms with Crippen molar-refractivity contribution in [2.45, 2.75) is 19.8 Å². The predicted octanol–water partition coefficient (Wildman–Crippen LogP) is 4.43. The van der Waals surface area contributed by atoms with Gasteiger partial charge in [-0.1, -0.05) is 31.0 Å². The molecule has 0 aliphatic heterocycles. The molecule has 0 spiro atoms. The summed E-state index contributed by atoms with van der Waals surface area (Å²) in [4.78, 5) is 8.30. The normalized spacial score (nSPS) is 10.4. The zero-order valence-electron chi connectivity index (χ0n) is 9.95. The first kappa shape index (κ1) is 13.5. The molecular weight excluding hydrogens is 361 g/mol. The van der Waals surface area contributed by atoms with E-state index in [0.29, 0.717) is 5.15 Å². The van der Waals surface area contributed by atoms with Crippen molar-refractivity contribution in [1.29, 1.82) is 0 Å². The fourth-order valence-corrected chi connectivity index (χ4v) is 2.44. The van der Waals surface area contributed by atoms with Crippen molar-refractivity contribution in [3.8, 4) is 0 Å². The van der Waals surface area contributed by atoms with Gasteiger partial charge in [0.15, 0.2) is 0 Å². The average molecular weight is 374 g/mol. The topological polar surface area (TPSA) is 37.8 Å². The minimum atomic E-state index is 0.528. The largest absolute Gasteiger partial charge is 0.340 e. The Hall–Kier alpha value is -0.880. The summed E-state index contributed by atoms with van der Waals surface area (Å²) in [6.07, 6.45) is 3.36. The maximum absolute atomic E-state index is 6.11. The van der Waals surface area contributed by atoms with Crippen LogP contribution >= 0.6 is 34.2 Å². The molecule has 3 nitrogen and oxygen atoms in total. The molecule has 1 aromatic carbocycles. The van der Waals surface area contributed by atoms with E-state index in [9.17, 15) is 0 Å². The Balaban J connectivity index is 2.31. The lowest BCUT2D eigenvalue weighted by molar-refractivity contribution is 0.904. The molecule has 1 N–H and O–H groups in total. The molecule has 0 aliphatic carbocycles. The Morgan fingerprint density at radius 1 is 1.33 bits per heavy atom. The van der Waals surface area contributed by atoms with Gasteiger partial charge in [-0.2, -0.15) is 0 Å². The molecule has 0 atom stereocenters. The van der Waals surface area contributed by atoms with Crippen LogP contribution in [0.15, 0.2) is 30.6 Å². The minimum Gasteiger partial charge on any atom is -0.340 e. The lowest BCUT2D eigenvalue weighted by atomic mass is 10.2. The summed E-state index contributed by atoms with van der Waals surface area (Å²) in [6, 6.07) is 8.12. The summed E-state index contributed by atoms with van der Waals surface area (Å²) in [6.45, 7) is 2.11. The highest BCUT2D eigenvalue weighted by Crippen LogP contribution is 2.25. The zero-order valence-corrected chi connectivity index (χ0v) is 12.9. The molecule has 0 aliphatic rings. The SMILES string of the molecule is CCCc1c(Cl)ncnc1Nc1cccc(I)c1. The Morgan fingerprint density at radius 3 is 2.89 bits per heavy atom. The van der Waals surface area contributed by atoms with E-state index in [2.05, 4.69) is 50.9 Å². The second-order valence-corrected chi connectivity index (χ2v) is 5.48. The molecular formula is C13H13ClIN3. The smallest absolute Gasteiger partial charge is 0.138 e. The molecule has 1 heterocycles. The highest BCUT2D eigenvalue weighted by molar-refractivity contribution is 14.1. The van der Waals surface area contributed by atoms with Gasteiger partial charge in [-0.05, 0) is 47.2 Å². The van der Waals surface area contributed by atoms with Gasteiger partial charge in [0.25, 0.3) is 0 Å². The zero-order chi connectivity index (χ0) is 13.0. The molecule has 0 saturated heterocycles. The summed E-state index contributed by atoms with van der Waals surface area (Å²) < 4.78 is 1.18. The third-order valence-electron chi connectivity index (χ3n) is 2.48. The van der Waals surface area contributed by atoms with E-state index in [-0.39, 0.29) is 0 Å². The van der Waals surface area contributed by atoms with Crippen LogP contribution in [0.1, 0.15) is 18.9 Å². The Labute approximate surface area is 125 Å². The highest BCUT2D eigenvalue weighted by atomic mass is 127. The van der Waals surface area contributed by atoms with Crippen LogP contribution in [0.2, 0.25) is 5.15 Å². The van der Waals surface area contributed by atoms with Crippen LogP contribution in [-0.4, -0.2) is 9.97 Å². The van der Waals surface area contributed by atoms with Crippen molar-refractivity contribution in [3.63, 3.8) is 0 Å². The molecule has 0 unspecified atom stereocenters. The maximum atomic E-state index is 6.11. The minimum absolute atomic E-state index is 0.528. The average Bonchev–Trinajstić information content (AvgIpc) is 2.34. The molecule has 94 valence electrons. The first-order valence-electron chi connectivity index (χ1n) is 5.72. The van der Waals surface area contributed by atoms with Crippen LogP contribution < -0.4 is 5.32 Å². The van der Waals surface area contributed by atoms with Gasteiger partial charge in [0.2, 0.25) is 0 Å². The summed E-state index contributed by atoms with van der Waals surface area (Å²) >= 11 is 8.39. The van der Waals surface area contributed by atoms with Gasteiger partial charge in [0, 0.05) is 14.8 Å². The van der Waals surface area contributed by atoms with E-state index in [1.54, 1.807) is 0 Å². The van der Waals surface area contributed by atoms with Gasteiger partial charge in [-0.15, -0.1) is 0 Å². The van der Waals surface area contributed by atoms with Crippen molar-refractivity contribution in [1.82, 2.24) is 9.97 Å². The van der Waals surface area contributed by atoms with E-state index in [1.165, 1.54) is 9.90 Å². The number of nitrogens with one attached hydrogen (secondary N) is 1. The maximum Gasteiger partial charge on any atom is 0.138 e. The molecule has 0 amide bonds. The number of hydrogen-bond donors (Lipinski definition) is 1. The fourth-order valence-electron chi connectivity index (χ4n) is 1.67. The highest BCUT2D eigenvalue weighted by Gasteiger charge is 2.09. The van der Waals surface area contributed by atoms with E-state index >= 15 is 0 Å². The summed E-state index contributed by atoms with van der Waals surface area (Å²) in [5.41, 5.74) is 1.98. The van der Waals surface area contributed by atoms with Gasteiger partial charge in [-0.25, -0.2) is 9.97 Å². The molecule has 0 radical (unpaired) electrons. The molecule has 0 fully saturated rings. The van der Waals surface area contributed by atoms with Crippen molar-refractivity contribution in [2.75, 3.05) is 5.32 Å². The number of nitrogens with zero attached hydrogens (tertiary/aromatic N) is 2. The van der Waals surface area contributed by atoms with Crippen LogP contribution in [-0.2, 0) is 6.42 Å². The molecule has 5 heteroatoms. The fraction of sp³-hybridized carbons (Fsp3) is 0.231. The van der Waals surface area contributed by atoms with E-state index < -0.39 is 0 Å². The molecule has 2 aromatic rings.